The van der Waals surface area contributed by atoms with Crippen LogP contribution in [0.25, 0.3) is 11.8 Å². The second kappa shape index (κ2) is 8.16. The Kier molecular flexibility index (Phi) is 5.33. The lowest BCUT2D eigenvalue weighted by atomic mass is 9.90. The molecule has 1 fully saturated rings. The molecule has 1 aliphatic carbocycles. The minimum atomic E-state index is -0.426. The normalized spacial score (nSPS) is 20.6. The average Bonchev–Trinajstić information content (AvgIpc) is 3.32. The van der Waals surface area contributed by atoms with Crippen LogP contribution in [0.4, 0.5) is 4.39 Å². The van der Waals surface area contributed by atoms with Crippen molar-refractivity contribution in [3.63, 3.8) is 0 Å². The number of hydrogen-bond acceptors (Lipinski definition) is 4. The molecule has 1 aromatic heterocycles. The summed E-state index contributed by atoms with van der Waals surface area (Å²) in [5, 5.41) is 16.3. The molecular weight excluding hydrogens is 425 g/mol. The molecule has 2 aliphatic heterocycles. The predicted molar refractivity (Wildman–Crippen MR) is 127 cm³/mol. The van der Waals surface area contributed by atoms with E-state index >= 15 is 0 Å². The van der Waals surface area contributed by atoms with Gasteiger partial charge in [0.15, 0.2) is 5.84 Å². The highest BCUT2D eigenvalue weighted by Gasteiger charge is 2.38. The van der Waals surface area contributed by atoms with Crippen LogP contribution in [-0.2, 0) is 4.79 Å². The van der Waals surface area contributed by atoms with Gasteiger partial charge in [-0.3, -0.25) is 10.2 Å². The molecule has 3 heterocycles. The number of amidine groups is 2. The lowest BCUT2D eigenvalue weighted by molar-refractivity contribution is -0.114. The Hall–Kier alpha value is -3.00. The number of benzene rings is 1. The lowest BCUT2D eigenvalue weighted by Gasteiger charge is -2.20. The maximum absolute atomic E-state index is 13.8. The number of aliphatic imine (C=N–C) groups is 1. The topological polar surface area (TPSA) is 73.8 Å². The van der Waals surface area contributed by atoms with Gasteiger partial charge in [-0.05, 0) is 74.4 Å². The van der Waals surface area contributed by atoms with Crippen LogP contribution in [0, 0.1) is 31.0 Å². The van der Waals surface area contributed by atoms with Crippen molar-refractivity contribution in [1.29, 1.82) is 5.41 Å². The Labute approximate surface area is 190 Å². The maximum Gasteiger partial charge on any atom is 0.283 e. The summed E-state index contributed by atoms with van der Waals surface area (Å²) in [5.74, 6) is -0.292. The van der Waals surface area contributed by atoms with Crippen molar-refractivity contribution >= 4 is 39.8 Å². The number of hydrazone groups is 1. The van der Waals surface area contributed by atoms with Gasteiger partial charge in [-0.15, -0.1) is 0 Å². The fourth-order valence-electron chi connectivity index (χ4n) is 4.62. The zero-order chi connectivity index (χ0) is 22.4. The van der Waals surface area contributed by atoms with Crippen molar-refractivity contribution in [3.05, 3.63) is 58.7 Å². The third-order valence-corrected chi connectivity index (χ3v) is 7.33. The minimum Gasteiger partial charge on any atom is -0.318 e. The highest BCUT2D eigenvalue weighted by molar-refractivity contribution is 8.27. The van der Waals surface area contributed by atoms with Crippen LogP contribution in [0.1, 0.15) is 49.1 Å². The molecule has 0 unspecified atom stereocenters. The van der Waals surface area contributed by atoms with Gasteiger partial charge < -0.3 is 4.57 Å². The predicted octanol–water partition coefficient (Wildman–Crippen LogP) is 5.43. The van der Waals surface area contributed by atoms with Crippen LogP contribution in [-0.4, -0.2) is 31.5 Å². The SMILES string of the molecule is Cc1cc(/C=C2\C(=N)N3N=C(C4CCCCC4)SC3=NC2=O)c(C)n1-c1cccc(F)c1. The molecule has 164 valence electrons. The summed E-state index contributed by atoms with van der Waals surface area (Å²) in [4.78, 5) is 17.0. The number of halogens is 1. The second-order valence-corrected chi connectivity index (χ2v) is 9.42. The maximum atomic E-state index is 13.8. The first kappa shape index (κ1) is 20.9. The van der Waals surface area contributed by atoms with Crippen LogP contribution < -0.4 is 0 Å². The number of aromatic nitrogens is 1. The van der Waals surface area contributed by atoms with Gasteiger partial charge in [0.25, 0.3) is 5.91 Å². The fourth-order valence-corrected chi connectivity index (χ4v) is 5.68. The first-order valence-corrected chi connectivity index (χ1v) is 11.7. The number of carbonyl (C=O) groups is 1. The van der Waals surface area contributed by atoms with E-state index in [-0.39, 0.29) is 17.2 Å². The van der Waals surface area contributed by atoms with Crippen molar-refractivity contribution in [1.82, 2.24) is 9.58 Å². The molecule has 0 atom stereocenters. The first-order chi connectivity index (χ1) is 15.4. The number of amides is 1. The Balaban J connectivity index is 1.48. The molecule has 0 radical (unpaired) electrons. The summed E-state index contributed by atoms with van der Waals surface area (Å²) in [7, 11) is 0. The standard InChI is InChI=1S/C24H24FN5OS/c1-14-11-17(15(2)29(14)19-10-6-9-18(25)13-19)12-20-21(26)30-24(27-22(20)31)32-23(28-30)16-7-4-3-5-8-16/h6,9-13,16,26H,3-5,7-8H2,1-2H3/b20-12+,26-21?. The minimum absolute atomic E-state index is 0.0499. The number of nitrogens with one attached hydrogen (secondary N) is 1. The van der Waals surface area contributed by atoms with Gasteiger partial charge in [0, 0.05) is 23.0 Å². The molecule has 1 aromatic carbocycles. The van der Waals surface area contributed by atoms with Gasteiger partial charge in [0.2, 0.25) is 5.17 Å². The second-order valence-electron chi connectivity index (χ2n) is 8.43. The molecule has 3 aliphatic rings. The molecule has 2 aromatic rings. The van der Waals surface area contributed by atoms with E-state index in [1.165, 1.54) is 48.2 Å². The Bertz CT molecular complexity index is 1220. The summed E-state index contributed by atoms with van der Waals surface area (Å²) in [6, 6.07) is 8.33. The Morgan fingerprint density at radius 3 is 2.72 bits per heavy atom. The van der Waals surface area contributed by atoms with Crippen LogP contribution in [0.15, 0.2) is 46.0 Å². The van der Waals surface area contributed by atoms with Crippen LogP contribution in [0.5, 0.6) is 0 Å². The number of hydrogen-bond donors (Lipinski definition) is 1. The zero-order valence-corrected chi connectivity index (χ0v) is 18.9. The Morgan fingerprint density at radius 1 is 1.19 bits per heavy atom. The molecule has 32 heavy (non-hydrogen) atoms. The van der Waals surface area contributed by atoms with Crippen LogP contribution in [0.2, 0.25) is 0 Å². The average molecular weight is 450 g/mol. The highest BCUT2D eigenvalue weighted by Crippen LogP contribution is 2.36. The number of aryl methyl sites for hydroxylation is 1. The van der Waals surface area contributed by atoms with Crippen LogP contribution in [0.3, 0.4) is 0 Å². The van der Waals surface area contributed by atoms with E-state index in [4.69, 9.17) is 5.41 Å². The van der Waals surface area contributed by atoms with Gasteiger partial charge in [-0.1, -0.05) is 25.3 Å². The van der Waals surface area contributed by atoms with E-state index < -0.39 is 5.91 Å². The molecule has 0 saturated heterocycles. The summed E-state index contributed by atoms with van der Waals surface area (Å²) in [6.45, 7) is 3.85. The highest BCUT2D eigenvalue weighted by atomic mass is 32.2. The van der Waals surface area contributed by atoms with Gasteiger partial charge >= 0.3 is 0 Å². The molecule has 6 nitrogen and oxygen atoms in total. The van der Waals surface area contributed by atoms with E-state index in [0.717, 1.165) is 34.8 Å². The van der Waals surface area contributed by atoms with Crippen molar-refractivity contribution in [2.45, 2.75) is 46.0 Å². The van der Waals surface area contributed by atoms with Crippen molar-refractivity contribution in [2.75, 3.05) is 0 Å². The summed E-state index contributed by atoms with van der Waals surface area (Å²) < 4.78 is 15.7. The fraction of sp³-hybridized carbons (Fsp3) is 0.333. The van der Waals surface area contributed by atoms with Gasteiger partial charge in [0.05, 0.1) is 5.57 Å². The van der Waals surface area contributed by atoms with Crippen molar-refractivity contribution < 1.29 is 9.18 Å². The molecule has 0 bridgehead atoms. The van der Waals surface area contributed by atoms with Crippen molar-refractivity contribution in [2.24, 2.45) is 16.0 Å². The summed E-state index contributed by atoms with van der Waals surface area (Å²) in [6.07, 6.45) is 7.54. The van der Waals surface area contributed by atoms with E-state index in [1.54, 1.807) is 12.1 Å². The number of carbonyl (C=O) groups excluding carboxylic acids is 1. The third-order valence-electron chi connectivity index (χ3n) is 6.26. The summed E-state index contributed by atoms with van der Waals surface area (Å²) in [5.41, 5.74) is 3.49. The van der Waals surface area contributed by atoms with Crippen LogP contribution >= 0.6 is 11.8 Å². The molecule has 1 N–H and O–H groups in total. The monoisotopic (exact) mass is 449 g/mol. The molecule has 0 spiro atoms. The van der Waals surface area contributed by atoms with Crippen molar-refractivity contribution in [3.8, 4) is 5.69 Å². The van der Waals surface area contributed by atoms with Gasteiger partial charge in [0.1, 0.15) is 10.9 Å². The zero-order valence-electron chi connectivity index (χ0n) is 18.1. The summed E-state index contributed by atoms with van der Waals surface area (Å²) >= 11 is 1.42. The first-order valence-electron chi connectivity index (χ1n) is 10.9. The molecule has 5 rings (SSSR count). The van der Waals surface area contributed by atoms with E-state index in [1.807, 2.05) is 30.5 Å². The Morgan fingerprint density at radius 2 is 1.97 bits per heavy atom. The smallest absolute Gasteiger partial charge is 0.283 e. The number of fused-ring (bicyclic) bond motifs is 1. The van der Waals surface area contributed by atoms with E-state index in [9.17, 15) is 9.18 Å². The third kappa shape index (κ3) is 3.62. The number of thioether (sulfide) groups is 1. The molecule has 1 saturated carbocycles. The number of nitrogens with zero attached hydrogens (tertiary/aromatic N) is 4. The molecule has 8 heteroatoms. The van der Waals surface area contributed by atoms with E-state index in [0.29, 0.717) is 16.8 Å². The largest absolute Gasteiger partial charge is 0.318 e. The van der Waals surface area contributed by atoms with Gasteiger partial charge in [-0.25, -0.2) is 4.39 Å². The van der Waals surface area contributed by atoms with E-state index in [2.05, 4.69) is 10.1 Å². The lowest BCUT2D eigenvalue weighted by Crippen LogP contribution is -2.35. The molecule has 1 amide bonds. The number of rotatable bonds is 3. The molecular formula is C24H24FN5OS. The van der Waals surface area contributed by atoms with Gasteiger partial charge in [-0.2, -0.15) is 15.1 Å². The quantitative estimate of drug-likeness (QED) is 0.635.